The van der Waals surface area contributed by atoms with Gasteiger partial charge < -0.3 is 10.3 Å². The van der Waals surface area contributed by atoms with Crippen molar-refractivity contribution in [2.45, 2.75) is 13.8 Å². The lowest BCUT2D eigenvalue weighted by atomic mass is 10.1. The molecule has 0 atom stereocenters. The molecular weight excluding hydrogens is 236 g/mol. The highest BCUT2D eigenvalue weighted by Gasteiger charge is 2.08. The summed E-state index contributed by atoms with van der Waals surface area (Å²) in [4.78, 5) is 15.1. The number of hydrogen-bond donors (Lipinski definition) is 2. The molecule has 0 saturated heterocycles. The predicted octanol–water partition coefficient (Wildman–Crippen LogP) is 3.92. The van der Waals surface area contributed by atoms with Gasteiger partial charge in [0.15, 0.2) is 0 Å². The van der Waals surface area contributed by atoms with Crippen molar-refractivity contribution in [2.24, 2.45) is 5.92 Å². The minimum atomic E-state index is -0.0154. The van der Waals surface area contributed by atoms with Crippen LogP contribution in [-0.4, -0.2) is 10.9 Å². The lowest BCUT2D eigenvalue weighted by Gasteiger charge is -2.07. The quantitative estimate of drug-likeness (QED) is 0.713. The minimum Gasteiger partial charge on any atom is -0.354 e. The van der Waals surface area contributed by atoms with Gasteiger partial charge in [0.25, 0.3) is 0 Å². The second-order valence-electron chi connectivity index (χ2n) is 5.07. The van der Waals surface area contributed by atoms with E-state index in [4.69, 9.17) is 0 Å². The normalized spacial score (nSPS) is 11.3. The molecule has 2 aromatic carbocycles. The number of H-pyrrole nitrogens is 1. The molecule has 0 aliphatic heterocycles. The van der Waals surface area contributed by atoms with Gasteiger partial charge in [-0.05, 0) is 18.2 Å². The smallest absolute Gasteiger partial charge is 0.226 e. The van der Waals surface area contributed by atoms with Crippen molar-refractivity contribution in [1.82, 2.24) is 4.98 Å². The van der Waals surface area contributed by atoms with E-state index in [2.05, 4.69) is 22.4 Å². The van der Waals surface area contributed by atoms with Crippen LogP contribution in [0.1, 0.15) is 13.8 Å². The third-order valence-corrected chi connectivity index (χ3v) is 3.30. The molecule has 0 bridgehead atoms. The van der Waals surface area contributed by atoms with Gasteiger partial charge in [-0.15, -0.1) is 0 Å². The molecule has 0 aliphatic carbocycles. The Morgan fingerprint density at radius 3 is 2.58 bits per heavy atom. The number of aromatic nitrogens is 1. The van der Waals surface area contributed by atoms with E-state index in [0.29, 0.717) is 0 Å². The van der Waals surface area contributed by atoms with Crippen molar-refractivity contribution in [3.8, 4) is 0 Å². The summed E-state index contributed by atoms with van der Waals surface area (Å²) in [6.45, 7) is 3.77. The largest absolute Gasteiger partial charge is 0.354 e. The van der Waals surface area contributed by atoms with Gasteiger partial charge in [0.05, 0.1) is 0 Å². The van der Waals surface area contributed by atoms with Gasteiger partial charge in [0.2, 0.25) is 5.91 Å². The summed E-state index contributed by atoms with van der Waals surface area (Å²) in [6, 6.07) is 14.2. The molecule has 1 aromatic heterocycles. The summed E-state index contributed by atoms with van der Waals surface area (Å²) < 4.78 is 0. The van der Waals surface area contributed by atoms with Gasteiger partial charge in [-0.25, -0.2) is 0 Å². The fraction of sp³-hybridized carbons (Fsp3) is 0.188. The zero-order chi connectivity index (χ0) is 13.4. The number of aromatic amines is 1. The van der Waals surface area contributed by atoms with E-state index in [1.165, 1.54) is 10.8 Å². The molecule has 3 aromatic rings. The van der Waals surface area contributed by atoms with Gasteiger partial charge in [-0.3, -0.25) is 4.79 Å². The van der Waals surface area contributed by atoms with Gasteiger partial charge in [0.1, 0.15) is 0 Å². The number of rotatable bonds is 2. The molecule has 2 N–H and O–H groups in total. The van der Waals surface area contributed by atoms with Crippen LogP contribution in [0.2, 0.25) is 0 Å². The van der Waals surface area contributed by atoms with Crippen LogP contribution in [-0.2, 0) is 4.79 Å². The first-order valence-corrected chi connectivity index (χ1v) is 6.46. The van der Waals surface area contributed by atoms with Gasteiger partial charge in [0, 0.05) is 33.4 Å². The molecule has 0 radical (unpaired) electrons. The molecule has 1 amide bonds. The second-order valence-corrected chi connectivity index (χ2v) is 5.07. The van der Waals surface area contributed by atoms with Crippen molar-refractivity contribution in [3.63, 3.8) is 0 Å². The highest BCUT2D eigenvalue weighted by Crippen LogP contribution is 2.27. The molecule has 1 heterocycles. The minimum absolute atomic E-state index is 0.0154. The van der Waals surface area contributed by atoms with Gasteiger partial charge >= 0.3 is 0 Å². The van der Waals surface area contributed by atoms with E-state index in [-0.39, 0.29) is 11.8 Å². The average molecular weight is 252 g/mol. The maximum atomic E-state index is 11.7. The predicted molar refractivity (Wildman–Crippen MR) is 79.3 cm³/mol. The van der Waals surface area contributed by atoms with Crippen molar-refractivity contribution >= 4 is 33.4 Å². The fourth-order valence-corrected chi connectivity index (χ4v) is 2.22. The average Bonchev–Trinajstić information content (AvgIpc) is 2.76. The Morgan fingerprint density at radius 1 is 1.05 bits per heavy atom. The maximum absolute atomic E-state index is 11.7. The van der Waals surface area contributed by atoms with Crippen molar-refractivity contribution in [3.05, 3.63) is 42.5 Å². The monoisotopic (exact) mass is 252 g/mol. The fourth-order valence-electron chi connectivity index (χ4n) is 2.22. The summed E-state index contributed by atoms with van der Waals surface area (Å²) in [6.07, 6.45) is 0. The Labute approximate surface area is 111 Å². The zero-order valence-corrected chi connectivity index (χ0v) is 11.0. The topological polar surface area (TPSA) is 44.9 Å². The summed E-state index contributed by atoms with van der Waals surface area (Å²) in [5, 5.41) is 5.31. The molecule has 0 aliphatic rings. The Hall–Kier alpha value is -2.29. The highest BCUT2D eigenvalue weighted by molar-refractivity contribution is 6.08. The van der Waals surface area contributed by atoms with E-state index in [1.807, 2.05) is 44.2 Å². The van der Waals surface area contributed by atoms with Crippen LogP contribution < -0.4 is 5.32 Å². The Bertz CT molecular complexity index is 756. The van der Waals surface area contributed by atoms with Crippen molar-refractivity contribution < 1.29 is 4.79 Å². The molecule has 19 heavy (non-hydrogen) atoms. The zero-order valence-electron chi connectivity index (χ0n) is 11.0. The SMILES string of the molecule is CC(C)C(=O)Nc1ccc2c(c1)[nH]c1ccccc12. The number of amides is 1. The van der Waals surface area contributed by atoms with Crippen LogP contribution in [0.5, 0.6) is 0 Å². The second kappa shape index (κ2) is 4.43. The van der Waals surface area contributed by atoms with Gasteiger partial charge in [-0.2, -0.15) is 0 Å². The number of fused-ring (bicyclic) bond motifs is 3. The molecule has 0 fully saturated rings. The van der Waals surface area contributed by atoms with Crippen LogP contribution in [0.4, 0.5) is 5.69 Å². The van der Waals surface area contributed by atoms with Crippen LogP contribution in [0.15, 0.2) is 42.5 Å². The van der Waals surface area contributed by atoms with E-state index in [0.717, 1.165) is 16.7 Å². The number of hydrogen-bond acceptors (Lipinski definition) is 1. The summed E-state index contributed by atoms with van der Waals surface area (Å²) in [5.41, 5.74) is 2.99. The molecule has 0 unspecified atom stereocenters. The number of anilines is 1. The molecule has 3 heteroatoms. The van der Waals surface area contributed by atoms with Crippen LogP contribution in [0, 0.1) is 5.92 Å². The van der Waals surface area contributed by atoms with Crippen molar-refractivity contribution in [1.29, 1.82) is 0 Å². The van der Waals surface area contributed by atoms with E-state index >= 15 is 0 Å². The van der Waals surface area contributed by atoms with Gasteiger partial charge in [-0.1, -0.05) is 38.1 Å². The molecule has 0 spiro atoms. The standard InChI is InChI=1S/C16H16N2O/c1-10(2)16(19)17-11-7-8-13-12-5-3-4-6-14(12)18-15(13)9-11/h3-10,18H,1-2H3,(H,17,19). The van der Waals surface area contributed by atoms with E-state index < -0.39 is 0 Å². The first-order chi connectivity index (χ1) is 9.15. The Kier molecular flexibility index (Phi) is 2.75. The number of carbonyl (C=O) groups excluding carboxylic acids is 1. The molecule has 3 nitrogen and oxygen atoms in total. The van der Waals surface area contributed by atoms with E-state index in [1.54, 1.807) is 0 Å². The Balaban J connectivity index is 2.06. The molecule has 3 rings (SSSR count). The first kappa shape index (κ1) is 11.8. The third-order valence-electron chi connectivity index (χ3n) is 3.30. The number of benzene rings is 2. The Morgan fingerprint density at radius 2 is 1.79 bits per heavy atom. The van der Waals surface area contributed by atoms with Crippen LogP contribution >= 0.6 is 0 Å². The highest BCUT2D eigenvalue weighted by atomic mass is 16.1. The lowest BCUT2D eigenvalue weighted by molar-refractivity contribution is -0.118. The molecule has 0 saturated carbocycles. The summed E-state index contributed by atoms with van der Waals surface area (Å²) in [7, 11) is 0. The summed E-state index contributed by atoms with van der Waals surface area (Å²) in [5.74, 6) is 0.0221. The maximum Gasteiger partial charge on any atom is 0.226 e. The van der Waals surface area contributed by atoms with Crippen LogP contribution in [0.3, 0.4) is 0 Å². The molecular formula is C16H16N2O. The number of carbonyl (C=O) groups is 1. The van der Waals surface area contributed by atoms with Crippen molar-refractivity contribution in [2.75, 3.05) is 5.32 Å². The number of nitrogens with one attached hydrogen (secondary N) is 2. The first-order valence-electron chi connectivity index (χ1n) is 6.46. The van der Waals surface area contributed by atoms with E-state index in [9.17, 15) is 4.79 Å². The lowest BCUT2D eigenvalue weighted by Crippen LogP contribution is -2.17. The molecule has 96 valence electrons. The third kappa shape index (κ3) is 2.08. The summed E-state index contributed by atoms with van der Waals surface area (Å²) >= 11 is 0. The number of para-hydroxylation sites is 1. The van der Waals surface area contributed by atoms with Crippen LogP contribution in [0.25, 0.3) is 21.8 Å².